The summed E-state index contributed by atoms with van der Waals surface area (Å²) in [5, 5.41) is 3.86. The van der Waals surface area contributed by atoms with E-state index >= 15 is 0 Å². The van der Waals surface area contributed by atoms with Gasteiger partial charge >= 0.3 is 5.63 Å². The number of ether oxygens (including phenoxy) is 1. The van der Waals surface area contributed by atoms with E-state index in [1.807, 2.05) is 26.0 Å². The molecule has 0 aliphatic heterocycles. The van der Waals surface area contributed by atoms with Crippen molar-refractivity contribution in [2.45, 2.75) is 64.8 Å². The lowest BCUT2D eigenvalue weighted by Crippen LogP contribution is -2.36. The van der Waals surface area contributed by atoms with Gasteiger partial charge in [-0.25, -0.2) is 4.79 Å². The van der Waals surface area contributed by atoms with Crippen LogP contribution in [0.5, 0.6) is 5.75 Å². The minimum absolute atomic E-state index is 0.0393. The molecule has 140 valence electrons. The van der Waals surface area contributed by atoms with E-state index in [1.165, 1.54) is 12.8 Å². The molecule has 0 atom stereocenters. The molecule has 0 radical (unpaired) electrons. The van der Waals surface area contributed by atoms with Crippen molar-refractivity contribution in [3.8, 4) is 5.75 Å². The molecule has 0 unspecified atom stereocenters. The summed E-state index contributed by atoms with van der Waals surface area (Å²) in [4.78, 5) is 25.0. The Kier molecular flexibility index (Phi) is 5.64. The minimum atomic E-state index is -0.446. The SMILES string of the molecule is COc1cc(C)cc2oc(=O)c(CC(=O)NC3CCCCCC3)c(C)c12. The van der Waals surface area contributed by atoms with Crippen LogP contribution in [0, 0.1) is 13.8 Å². The topological polar surface area (TPSA) is 68.5 Å². The molecule has 5 heteroatoms. The van der Waals surface area contributed by atoms with Crippen LogP contribution in [-0.4, -0.2) is 19.1 Å². The van der Waals surface area contributed by atoms with Gasteiger partial charge in [-0.2, -0.15) is 0 Å². The summed E-state index contributed by atoms with van der Waals surface area (Å²) in [6.45, 7) is 3.77. The summed E-state index contributed by atoms with van der Waals surface area (Å²) in [6, 6.07) is 3.95. The fraction of sp³-hybridized carbons (Fsp3) is 0.524. The summed E-state index contributed by atoms with van der Waals surface area (Å²) >= 11 is 0. The van der Waals surface area contributed by atoms with Crippen LogP contribution in [-0.2, 0) is 11.2 Å². The van der Waals surface area contributed by atoms with Crippen LogP contribution in [0.4, 0.5) is 0 Å². The third-order valence-corrected chi connectivity index (χ3v) is 5.26. The first-order valence-electron chi connectivity index (χ1n) is 9.40. The maximum Gasteiger partial charge on any atom is 0.340 e. The zero-order valence-corrected chi connectivity index (χ0v) is 15.8. The first-order valence-corrected chi connectivity index (χ1v) is 9.40. The van der Waals surface area contributed by atoms with Crippen molar-refractivity contribution in [1.29, 1.82) is 0 Å². The average molecular weight is 357 g/mol. The maximum atomic E-state index is 12.5. The number of methoxy groups -OCH3 is 1. The molecule has 1 N–H and O–H groups in total. The fourth-order valence-electron chi connectivity index (χ4n) is 3.87. The number of benzene rings is 1. The van der Waals surface area contributed by atoms with Crippen LogP contribution < -0.4 is 15.7 Å². The van der Waals surface area contributed by atoms with Gasteiger partial charge in [0.05, 0.1) is 24.5 Å². The Balaban J connectivity index is 1.88. The van der Waals surface area contributed by atoms with Crippen LogP contribution in [0.1, 0.15) is 55.2 Å². The highest BCUT2D eigenvalue weighted by Crippen LogP contribution is 2.30. The van der Waals surface area contributed by atoms with Gasteiger partial charge in [0.25, 0.3) is 0 Å². The number of rotatable bonds is 4. The molecule has 1 amide bonds. The van der Waals surface area contributed by atoms with Gasteiger partial charge in [0.1, 0.15) is 11.3 Å². The predicted octanol–water partition coefficient (Wildman–Crippen LogP) is 3.80. The number of amides is 1. The number of fused-ring (bicyclic) bond motifs is 1. The first-order chi connectivity index (χ1) is 12.5. The van der Waals surface area contributed by atoms with Crippen LogP contribution in [0.25, 0.3) is 11.0 Å². The Morgan fingerprint density at radius 3 is 2.54 bits per heavy atom. The molecule has 1 aliphatic carbocycles. The highest BCUT2D eigenvalue weighted by Gasteiger charge is 2.20. The van der Waals surface area contributed by atoms with Crippen molar-refractivity contribution in [1.82, 2.24) is 5.32 Å². The second-order valence-electron chi connectivity index (χ2n) is 7.27. The van der Waals surface area contributed by atoms with Gasteiger partial charge in [-0.1, -0.05) is 25.7 Å². The van der Waals surface area contributed by atoms with Crippen molar-refractivity contribution in [3.05, 3.63) is 39.2 Å². The largest absolute Gasteiger partial charge is 0.496 e. The van der Waals surface area contributed by atoms with E-state index < -0.39 is 5.63 Å². The van der Waals surface area contributed by atoms with E-state index in [9.17, 15) is 9.59 Å². The summed E-state index contributed by atoms with van der Waals surface area (Å²) in [5.74, 6) is 0.546. The fourth-order valence-corrected chi connectivity index (χ4v) is 3.87. The van der Waals surface area contributed by atoms with E-state index in [0.29, 0.717) is 16.9 Å². The van der Waals surface area contributed by atoms with Gasteiger partial charge in [-0.3, -0.25) is 4.79 Å². The quantitative estimate of drug-likeness (QED) is 0.667. The zero-order valence-electron chi connectivity index (χ0n) is 15.8. The van der Waals surface area contributed by atoms with Crippen LogP contribution in [0.15, 0.2) is 21.3 Å². The third kappa shape index (κ3) is 3.92. The monoisotopic (exact) mass is 357 g/mol. The molecule has 1 heterocycles. The van der Waals surface area contributed by atoms with Gasteiger partial charge in [-0.15, -0.1) is 0 Å². The predicted molar refractivity (Wildman–Crippen MR) is 102 cm³/mol. The molecule has 1 fully saturated rings. The van der Waals surface area contributed by atoms with E-state index in [4.69, 9.17) is 9.15 Å². The number of hydrogen-bond donors (Lipinski definition) is 1. The molecule has 26 heavy (non-hydrogen) atoms. The average Bonchev–Trinajstić information content (AvgIpc) is 2.86. The molecular weight excluding hydrogens is 330 g/mol. The molecule has 5 nitrogen and oxygen atoms in total. The summed E-state index contributed by atoms with van der Waals surface area (Å²) in [5.41, 5.74) is 2.17. The molecule has 3 rings (SSSR count). The van der Waals surface area contributed by atoms with Crippen LogP contribution in [0.3, 0.4) is 0 Å². The van der Waals surface area contributed by atoms with E-state index in [2.05, 4.69) is 5.32 Å². The number of hydrogen-bond acceptors (Lipinski definition) is 4. The molecule has 1 aromatic heterocycles. The molecule has 2 aromatic rings. The summed E-state index contributed by atoms with van der Waals surface area (Å²) in [6.07, 6.45) is 6.85. The Hall–Kier alpha value is -2.30. The van der Waals surface area contributed by atoms with Crippen molar-refractivity contribution in [3.63, 3.8) is 0 Å². The van der Waals surface area contributed by atoms with Gasteiger partial charge in [-0.05, 0) is 49.9 Å². The van der Waals surface area contributed by atoms with Gasteiger partial charge in [0.15, 0.2) is 0 Å². The zero-order chi connectivity index (χ0) is 18.7. The minimum Gasteiger partial charge on any atom is -0.496 e. The molecule has 1 aliphatic rings. The Bertz CT molecular complexity index is 860. The summed E-state index contributed by atoms with van der Waals surface area (Å²) < 4.78 is 11.0. The highest BCUT2D eigenvalue weighted by molar-refractivity contribution is 5.89. The third-order valence-electron chi connectivity index (χ3n) is 5.26. The number of aryl methyl sites for hydroxylation is 2. The maximum absolute atomic E-state index is 12.5. The molecular formula is C21H27NO4. The number of nitrogens with one attached hydrogen (secondary N) is 1. The first kappa shape index (κ1) is 18.5. The number of carbonyl (C=O) groups is 1. The lowest BCUT2D eigenvalue weighted by molar-refractivity contribution is -0.121. The smallest absolute Gasteiger partial charge is 0.340 e. The Labute approximate surface area is 153 Å². The second kappa shape index (κ2) is 7.94. The van der Waals surface area contributed by atoms with Crippen molar-refractivity contribution >= 4 is 16.9 Å². The second-order valence-corrected chi connectivity index (χ2v) is 7.27. The normalized spacial score (nSPS) is 15.7. The van der Waals surface area contributed by atoms with E-state index in [0.717, 1.165) is 42.2 Å². The van der Waals surface area contributed by atoms with E-state index in [-0.39, 0.29) is 18.4 Å². The van der Waals surface area contributed by atoms with Gasteiger partial charge < -0.3 is 14.5 Å². The van der Waals surface area contributed by atoms with Crippen molar-refractivity contribution in [2.24, 2.45) is 0 Å². The molecule has 1 saturated carbocycles. The molecule has 0 spiro atoms. The Morgan fingerprint density at radius 2 is 1.88 bits per heavy atom. The molecule has 1 aromatic carbocycles. The highest BCUT2D eigenvalue weighted by atomic mass is 16.5. The van der Waals surface area contributed by atoms with E-state index in [1.54, 1.807) is 7.11 Å². The number of carbonyl (C=O) groups excluding carboxylic acids is 1. The van der Waals surface area contributed by atoms with Crippen LogP contribution >= 0.6 is 0 Å². The lowest BCUT2D eigenvalue weighted by Gasteiger charge is -2.17. The Morgan fingerprint density at radius 1 is 1.19 bits per heavy atom. The standard InChI is InChI=1S/C21H27NO4/c1-13-10-17(25-3)20-14(2)16(21(24)26-18(20)11-13)12-19(23)22-15-8-6-4-5-7-9-15/h10-11,15H,4-9,12H2,1-3H3,(H,22,23). The van der Waals surface area contributed by atoms with Crippen LogP contribution in [0.2, 0.25) is 0 Å². The van der Waals surface area contributed by atoms with Crippen molar-refractivity contribution in [2.75, 3.05) is 7.11 Å². The summed E-state index contributed by atoms with van der Waals surface area (Å²) in [7, 11) is 1.59. The van der Waals surface area contributed by atoms with Crippen molar-refractivity contribution < 1.29 is 13.9 Å². The molecule has 0 bridgehead atoms. The molecule has 0 saturated heterocycles. The lowest BCUT2D eigenvalue weighted by atomic mass is 10.0. The van der Waals surface area contributed by atoms with Gasteiger partial charge in [0, 0.05) is 6.04 Å². The van der Waals surface area contributed by atoms with Gasteiger partial charge in [0.2, 0.25) is 5.91 Å².